The lowest BCUT2D eigenvalue weighted by atomic mass is 9.97. The SMILES string of the molecule is COc1ccccc1C1c2c(oc3ccc(Cl)cc3c2=O)C(=O)N1CCCO. The summed E-state index contributed by atoms with van der Waals surface area (Å²) in [6, 6.07) is 11.3. The number of aliphatic hydroxyl groups excluding tert-OH is 1. The molecule has 0 fully saturated rings. The van der Waals surface area contributed by atoms with E-state index in [1.165, 1.54) is 7.11 Å². The number of benzene rings is 2. The van der Waals surface area contributed by atoms with Crippen molar-refractivity contribution in [2.75, 3.05) is 20.3 Å². The largest absolute Gasteiger partial charge is 0.496 e. The number of fused-ring (bicyclic) bond motifs is 2. The highest BCUT2D eigenvalue weighted by molar-refractivity contribution is 6.31. The molecule has 0 aliphatic carbocycles. The van der Waals surface area contributed by atoms with Crippen LogP contribution in [0.2, 0.25) is 5.02 Å². The molecule has 0 bridgehead atoms. The van der Waals surface area contributed by atoms with Crippen LogP contribution in [0, 0.1) is 0 Å². The van der Waals surface area contributed by atoms with Crippen molar-refractivity contribution in [3.63, 3.8) is 0 Å². The Morgan fingerprint density at radius 2 is 2.00 bits per heavy atom. The zero-order valence-corrected chi connectivity index (χ0v) is 15.9. The number of carbonyl (C=O) groups is 1. The Kier molecular flexibility index (Phi) is 4.83. The summed E-state index contributed by atoms with van der Waals surface area (Å²) in [5.74, 6) is 0.203. The molecule has 144 valence electrons. The van der Waals surface area contributed by atoms with Crippen LogP contribution in [-0.4, -0.2) is 36.2 Å². The van der Waals surface area contributed by atoms with Crippen molar-refractivity contribution in [3.05, 3.63) is 74.6 Å². The molecule has 2 aromatic carbocycles. The second-order valence-electron chi connectivity index (χ2n) is 6.53. The number of ether oxygens (including phenoxy) is 1. The highest BCUT2D eigenvalue weighted by Crippen LogP contribution is 2.41. The van der Waals surface area contributed by atoms with Crippen molar-refractivity contribution in [1.82, 2.24) is 4.90 Å². The van der Waals surface area contributed by atoms with Crippen molar-refractivity contribution < 1.29 is 19.1 Å². The average Bonchev–Trinajstić information content (AvgIpc) is 2.99. The maximum atomic E-state index is 13.3. The second-order valence-corrected chi connectivity index (χ2v) is 6.97. The molecular weight excluding hydrogens is 382 g/mol. The molecule has 0 saturated carbocycles. The van der Waals surface area contributed by atoms with Crippen molar-refractivity contribution in [3.8, 4) is 5.75 Å². The maximum absolute atomic E-state index is 13.3. The van der Waals surface area contributed by atoms with Crippen LogP contribution >= 0.6 is 11.6 Å². The van der Waals surface area contributed by atoms with Crippen LogP contribution in [-0.2, 0) is 0 Å². The molecule has 6 nitrogen and oxygen atoms in total. The van der Waals surface area contributed by atoms with Gasteiger partial charge in [0.05, 0.1) is 24.1 Å². The summed E-state index contributed by atoms with van der Waals surface area (Å²) in [5.41, 5.74) is 0.963. The van der Waals surface area contributed by atoms with Gasteiger partial charge in [-0.1, -0.05) is 29.8 Å². The van der Waals surface area contributed by atoms with Crippen molar-refractivity contribution >= 4 is 28.5 Å². The third-order valence-electron chi connectivity index (χ3n) is 4.92. The van der Waals surface area contributed by atoms with Gasteiger partial charge in [-0.05, 0) is 30.7 Å². The lowest BCUT2D eigenvalue weighted by molar-refractivity contribution is 0.0715. The molecule has 1 aliphatic rings. The van der Waals surface area contributed by atoms with E-state index in [4.69, 9.17) is 20.8 Å². The number of halogens is 1. The average molecular weight is 400 g/mol. The predicted octanol–water partition coefficient (Wildman–Crippen LogP) is 3.38. The van der Waals surface area contributed by atoms with E-state index in [2.05, 4.69) is 0 Å². The third kappa shape index (κ3) is 2.85. The van der Waals surface area contributed by atoms with E-state index in [0.717, 1.165) is 0 Å². The highest BCUT2D eigenvalue weighted by Gasteiger charge is 2.43. The van der Waals surface area contributed by atoms with Crippen molar-refractivity contribution in [2.45, 2.75) is 12.5 Å². The fraction of sp³-hybridized carbons (Fsp3) is 0.238. The van der Waals surface area contributed by atoms with Gasteiger partial charge in [-0.15, -0.1) is 0 Å². The zero-order valence-electron chi connectivity index (χ0n) is 15.1. The Morgan fingerprint density at radius 1 is 1.21 bits per heavy atom. The molecule has 1 N–H and O–H groups in total. The standard InChI is InChI=1S/C21H18ClNO5/c1-27-15-6-3-2-5-13(15)18-17-19(25)14-11-12(22)7-8-16(14)28-20(17)21(26)23(18)9-4-10-24/h2-3,5-8,11,18,24H,4,9-10H2,1H3. The molecule has 3 aromatic rings. The molecular formula is C21H18ClNO5. The first kappa shape index (κ1) is 18.5. The molecule has 0 saturated heterocycles. The van der Waals surface area contributed by atoms with Gasteiger partial charge < -0.3 is 19.2 Å². The Hall–Kier alpha value is -2.83. The molecule has 7 heteroatoms. The maximum Gasteiger partial charge on any atom is 0.290 e. The summed E-state index contributed by atoms with van der Waals surface area (Å²) < 4.78 is 11.3. The molecule has 1 aromatic heterocycles. The van der Waals surface area contributed by atoms with Gasteiger partial charge in [-0.3, -0.25) is 9.59 Å². The number of aliphatic hydroxyl groups is 1. The van der Waals surface area contributed by atoms with Gasteiger partial charge in [0.1, 0.15) is 11.3 Å². The smallest absolute Gasteiger partial charge is 0.290 e. The van der Waals surface area contributed by atoms with E-state index < -0.39 is 6.04 Å². The van der Waals surface area contributed by atoms with E-state index in [1.807, 2.05) is 18.2 Å². The Bertz CT molecular complexity index is 1120. The predicted molar refractivity (Wildman–Crippen MR) is 105 cm³/mol. The number of nitrogens with zero attached hydrogens (tertiary/aromatic N) is 1. The van der Waals surface area contributed by atoms with E-state index >= 15 is 0 Å². The molecule has 1 atom stereocenters. The number of hydrogen-bond acceptors (Lipinski definition) is 5. The lowest BCUT2D eigenvalue weighted by Crippen LogP contribution is -2.31. The number of para-hydroxylation sites is 1. The van der Waals surface area contributed by atoms with Gasteiger partial charge in [-0.2, -0.15) is 0 Å². The third-order valence-corrected chi connectivity index (χ3v) is 5.15. The Morgan fingerprint density at radius 3 is 2.75 bits per heavy atom. The second kappa shape index (κ2) is 7.30. The van der Waals surface area contributed by atoms with Crippen molar-refractivity contribution in [1.29, 1.82) is 0 Å². The first-order valence-corrected chi connectivity index (χ1v) is 9.25. The number of rotatable bonds is 5. The fourth-order valence-corrected chi connectivity index (χ4v) is 3.85. The number of methoxy groups -OCH3 is 1. The molecule has 4 rings (SSSR count). The van der Waals surface area contributed by atoms with Crippen LogP contribution in [0.4, 0.5) is 0 Å². The molecule has 28 heavy (non-hydrogen) atoms. The molecule has 1 aliphatic heterocycles. The summed E-state index contributed by atoms with van der Waals surface area (Å²) in [5, 5.41) is 10.00. The van der Waals surface area contributed by atoms with Gasteiger partial charge in [0.15, 0.2) is 5.43 Å². The van der Waals surface area contributed by atoms with E-state index in [9.17, 15) is 14.7 Å². The first-order valence-electron chi connectivity index (χ1n) is 8.87. The normalized spacial score (nSPS) is 15.9. The summed E-state index contributed by atoms with van der Waals surface area (Å²) in [6.45, 7) is 0.205. The quantitative estimate of drug-likeness (QED) is 0.711. The Labute approximate surface area is 165 Å². The van der Waals surface area contributed by atoms with Gasteiger partial charge in [-0.25, -0.2) is 0 Å². The molecule has 1 amide bonds. The molecule has 0 radical (unpaired) electrons. The van der Waals surface area contributed by atoms with Crippen LogP contribution in [0.15, 0.2) is 51.7 Å². The molecule has 2 heterocycles. The van der Waals surface area contributed by atoms with E-state index in [1.54, 1.807) is 29.2 Å². The summed E-state index contributed by atoms with van der Waals surface area (Å²) in [6.07, 6.45) is 0.380. The topological polar surface area (TPSA) is 80.0 Å². The molecule has 1 unspecified atom stereocenters. The minimum absolute atomic E-state index is 0.0219. The van der Waals surface area contributed by atoms with Crippen LogP contribution < -0.4 is 10.2 Å². The Balaban J connectivity index is 2.00. The lowest BCUT2D eigenvalue weighted by Gasteiger charge is -2.26. The fourth-order valence-electron chi connectivity index (χ4n) is 3.68. The zero-order chi connectivity index (χ0) is 19.8. The number of carbonyl (C=O) groups excluding carboxylic acids is 1. The van der Waals surface area contributed by atoms with Gasteiger partial charge in [0.2, 0.25) is 5.76 Å². The van der Waals surface area contributed by atoms with E-state index in [0.29, 0.717) is 33.7 Å². The van der Waals surface area contributed by atoms with Crippen LogP contribution in [0.3, 0.4) is 0 Å². The van der Waals surface area contributed by atoms with Crippen LogP contribution in [0.1, 0.15) is 34.1 Å². The number of amides is 1. The highest BCUT2D eigenvalue weighted by atomic mass is 35.5. The molecule has 0 spiro atoms. The summed E-state index contributed by atoms with van der Waals surface area (Å²) >= 11 is 6.06. The van der Waals surface area contributed by atoms with Gasteiger partial charge >= 0.3 is 0 Å². The minimum Gasteiger partial charge on any atom is -0.496 e. The van der Waals surface area contributed by atoms with Crippen LogP contribution in [0.25, 0.3) is 11.0 Å². The minimum atomic E-state index is -0.662. The van der Waals surface area contributed by atoms with Crippen LogP contribution in [0.5, 0.6) is 5.75 Å². The van der Waals surface area contributed by atoms with Gasteiger partial charge in [0, 0.05) is 23.7 Å². The van der Waals surface area contributed by atoms with Crippen molar-refractivity contribution in [2.24, 2.45) is 0 Å². The number of hydrogen-bond donors (Lipinski definition) is 1. The summed E-state index contributed by atoms with van der Waals surface area (Å²) in [7, 11) is 1.54. The first-order chi connectivity index (χ1) is 13.6. The monoisotopic (exact) mass is 399 g/mol. The summed E-state index contributed by atoms with van der Waals surface area (Å²) in [4.78, 5) is 28.0. The van der Waals surface area contributed by atoms with Gasteiger partial charge in [0.25, 0.3) is 5.91 Å². The van der Waals surface area contributed by atoms with E-state index in [-0.39, 0.29) is 35.8 Å².